The van der Waals surface area contributed by atoms with E-state index in [4.69, 9.17) is 23.2 Å². The molecule has 0 saturated heterocycles. The number of aryl methyl sites for hydroxylation is 1. The van der Waals surface area contributed by atoms with Crippen LogP contribution in [-0.4, -0.2) is 9.55 Å². The van der Waals surface area contributed by atoms with Crippen LogP contribution >= 0.6 is 23.2 Å². The number of nitrogens with one attached hydrogen (secondary N) is 1. The number of nitrogens with zero attached hydrogens (tertiary/aromatic N) is 1. The predicted molar refractivity (Wildman–Crippen MR) is 60.5 cm³/mol. The number of aromatic amines is 1. The fraction of sp³-hybridized carbons (Fsp3) is 0.333. The van der Waals surface area contributed by atoms with E-state index in [9.17, 15) is 9.59 Å². The number of allylic oxidation sites excluding steroid dienone is 1. The lowest BCUT2D eigenvalue weighted by Gasteiger charge is -2.04. The number of aromatic nitrogens is 2. The molecule has 1 heterocycles. The summed E-state index contributed by atoms with van der Waals surface area (Å²) in [4.78, 5) is 24.8. The summed E-state index contributed by atoms with van der Waals surface area (Å²) in [5.74, 6) is 0. The Kier molecular flexibility index (Phi) is 4.17. The lowest BCUT2D eigenvalue weighted by atomic mass is 10.3. The van der Waals surface area contributed by atoms with Crippen molar-refractivity contribution in [3.8, 4) is 0 Å². The van der Waals surface area contributed by atoms with E-state index in [1.807, 2.05) is 6.92 Å². The zero-order valence-electron chi connectivity index (χ0n) is 8.09. The Morgan fingerprint density at radius 3 is 2.80 bits per heavy atom. The topological polar surface area (TPSA) is 54.9 Å². The van der Waals surface area contributed by atoms with Crippen molar-refractivity contribution in [1.29, 1.82) is 0 Å². The average Bonchev–Trinajstić information content (AvgIpc) is 2.21. The minimum Gasteiger partial charge on any atom is -0.295 e. The van der Waals surface area contributed by atoms with Gasteiger partial charge in [0.25, 0.3) is 5.56 Å². The van der Waals surface area contributed by atoms with E-state index >= 15 is 0 Å². The van der Waals surface area contributed by atoms with Crippen LogP contribution in [0.25, 0.3) is 0 Å². The molecular weight excluding hydrogens is 239 g/mol. The molecule has 0 aliphatic heterocycles. The number of halogens is 2. The molecule has 0 saturated carbocycles. The van der Waals surface area contributed by atoms with Crippen LogP contribution < -0.4 is 11.2 Å². The molecule has 0 spiro atoms. The van der Waals surface area contributed by atoms with Gasteiger partial charge in [-0.15, -0.1) is 0 Å². The maximum Gasteiger partial charge on any atom is 0.328 e. The summed E-state index contributed by atoms with van der Waals surface area (Å²) in [7, 11) is 0. The largest absolute Gasteiger partial charge is 0.328 e. The number of hydrogen-bond acceptors (Lipinski definition) is 2. The molecule has 0 amide bonds. The maximum absolute atomic E-state index is 11.3. The van der Waals surface area contributed by atoms with Crippen LogP contribution in [0.5, 0.6) is 0 Å². The van der Waals surface area contributed by atoms with E-state index in [2.05, 4.69) is 4.98 Å². The van der Waals surface area contributed by atoms with E-state index in [1.54, 1.807) is 0 Å². The van der Waals surface area contributed by atoms with Crippen LogP contribution in [0.4, 0.5) is 0 Å². The predicted octanol–water partition coefficient (Wildman–Crippen LogP) is 1.42. The lowest BCUT2D eigenvalue weighted by Crippen LogP contribution is -2.31. The second-order valence-electron chi connectivity index (χ2n) is 2.95. The summed E-state index contributed by atoms with van der Waals surface area (Å²) >= 11 is 11.1. The van der Waals surface area contributed by atoms with E-state index in [-0.39, 0.29) is 12.1 Å². The van der Waals surface area contributed by atoms with Gasteiger partial charge in [0.1, 0.15) is 0 Å². The molecule has 0 fully saturated rings. The van der Waals surface area contributed by atoms with Gasteiger partial charge in [-0.2, -0.15) is 0 Å². The van der Waals surface area contributed by atoms with Gasteiger partial charge in [-0.3, -0.25) is 14.3 Å². The molecule has 6 heteroatoms. The molecule has 0 bridgehead atoms. The smallest absolute Gasteiger partial charge is 0.295 e. The van der Waals surface area contributed by atoms with Gasteiger partial charge in [0.2, 0.25) is 0 Å². The number of hydrogen-bond donors (Lipinski definition) is 1. The molecule has 0 aromatic carbocycles. The van der Waals surface area contributed by atoms with Gasteiger partial charge in [-0.25, -0.2) is 4.79 Å². The summed E-state index contributed by atoms with van der Waals surface area (Å²) in [6.45, 7) is 1.99. The van der Waals surface area contributed by atoms with Crippen molar-refractivity contribution in [1.82, 2.24) is 9.55 Å². The van der Waals surface area contributed by atoms with Gasteiger partial charge >= 0.3 is 5.69 Å². The number of H-pyrrole nitrogens is 1. The highest BCUT2D eigenvalue weighted by Crippen LogP contribution is 2.05. The van der Waals surface area contributed by atoms with Gasteiger partial charge in [-0.05, 0) is 6.42 Å². The Hall–Kier alpha value is -1.00. The average molecular weight is 249 g/mol. The summed E-state index contributed by atoms with van der Waals surface area (Å²) in [5.41, 5.74) is 0.872. The fourth-order valence-corrected chi connectivity index (χ4v) is 1.32. The first kappa shape index (κ1) is 12.1. The van der Waals surface area contributed by atoms with Gasteiger partial charge in [-0.1, -0.05) is 30.1 Å². The van der Waals surface area contributed by atoms with Crippen LogP contribution in [0.3, 0.4) is 0 Å². The monoisotopic (exact) mass is 248 g/mol. The zero-order chi connectivity index (χ0) is 11.4. The van der Waals surface area contributed by atoms with E-state index in [0.717, 1.165) is 0 Å². The SMILES string of the molecule is CCc1cn(CC(Cl)=CCl)c(=O)[nH]c1=O. The molecule has 1 aromatic heterocycles. The maximum atomic E-state index is 11.3. The summed E-state index contributed by atoms with van der Waals surface area (Å²) in [5, 5.41) is 0.327. The molecule has 4 nitrogen and oxygen atoms in total. The molecule has 1 aromatic rings. The highest BCUT2D eigenvalue weighted by atomic mass is 35.5. The quantitative estimate of drug-likeness (QED) is 0.880. The molecule has 82 valence electrons. The Bertz CT molecular complexity index is 488. The van der Waals surface area contributed by atoms with Crippen molar-refractivity contribution < 1.29 is 0 Å². The molecule has 1 N–H and O–H groups in total. The number of rotatable bonds is 3. The zero-order valence-corrected chi connectivity index (χ0v) is 9.60. The van der Waals surface area contributed by atoms with Gasteiger partial charge in [0.05, 0.1) is 6.54 Å². The first-order valence-corrected chi connectivity index (χ1v) is 5.17. The summed E-state index contributed by atoms with van der Waals surface area (Å²) in [6, 6.07) is 0. The second-order valence-corrected chi connectivity index (χ2v) is 3.65. The first-order chi connectivity index (χ1) is 7.08. The van der Waals surface area contributed by atoms with Crippen LogP contribution in [0.1, 0.15) is 12.5 Å². The fourth-order valence-electron chi connectivity index (χ4n) is 1.12. The van der Waals surface area contributed by atoms with Crippen molar-refractivity contribution in [2.24, 2.45) is 0 Å². The minimum atomic E-state index is -0.492. The normalized spacial score (nSPS) is 11.8. The third kappa shape index (κ3) is 2.97. The molecule has 0 atom stereocenters. The molecule has 0 unspecified atom stereocenters. The Labute approximate surface area is 96.1 Å². The summed E-state index contributed by atoms with van der Waals surface area (Å²) in [6.07, 6.45) is 2.04. The Morgan fingerprint density at radius 2 is 2.27 bits per heavy atom. The lowest BCUT2D eigenvalue weighted by molar-refractivity contribution is 0.715. The summed E-state index contributed by atoms with van der Waals surface area (Å²) < 4.78 is 1.31. The van der Waals surface area contributed by atoms with Crippen molar-refractivity contribution in [2.45, 2.75) is 19.9 Å². The Morgan fingerprint density at radius 1 is 1.60 bits per heavy atom. The van der Waals surface area contributed by atoms with Crippen LogP contribution in [0.2, 0.25) is 0 Å². The third-order valence-corrected chi connectivity index (χ3v) is 2.51. The molecule has 1 rings (SSSR count). The van der Waals surface area contributed by atoms with Gasteiger partial charge in [0, 0.05) is 22.3 Å². The molecule has 15 heavy (non-hydrogen) atoms. The van der Waals surface area contributed by atoms with E-state index < -0.39 is 5.69 Å². The van der Waals surface area contributed by atoms with Crippen molar-refractivity contribution in [3.05, 3.63) is 43.2 Å². The molecule has 0 aliphatic carbocycles. The van der Waals surface area contributed by atoms with Gasteiger partial charge < -0.3 is 0 Å². The Balaban J connectivity index is 3.19. The molecule has 0 aliphatic rings. The molecular formula is C9H10Cl2N2O2. The highest BCUT2D eigenvalue weighted by Gasteiger charge is 2.03. The van der Waals surface area contributed by atoms with Crippen molar-refractivity contribution in [2.75, 3.05) is 0 Å². The first-order valence-electron chi connectivity index (χ1n) is 4.36. The van der Waals surface area contributed by atoms with Crippen LogP contribution in [0, 0.1) is 0 Å². The van der Waals surface area contributed by atoms with Crippen molar-refractivity contribution >= 4 is 23.2 Å². The van der Waals surface area contributed by atoms with Crippen LogP contribution in [-0.2, 0) is 13.0 Å². The minimum absolute atomic E-state index is 0.160. The molecule has 0 radical (unpaired) electrons. The van der Waals surface area contributed by atoms with E-state index in [1.165, 1.54) is 16.3 Å². The second kappa shape index (κ2) is 5.19. The van der Waals surface area contributed by atoms with E-state index in [0.29, 0.717) is 17.0 Å². The van der Waals surface area contributed by atoms with Crippen LogP contribution in [0.15, 0.2) is 26.4 Å². The highest BCUT2D eigenvalue weighted by molar-refractivity contribution is 6.36. The third-order valence-electron chi connectivity index (χ3n) is 1.91. The van der Waals surface area contributed by atoms with Crippen molar-refractivity contribution in [3.63, 3.8) is 0 Å². The standard InChI is InChI=1S/C9H10Cl2N2O2/c1-2-6-4-13(5-7(11)3-10)9(15)12-8(6)14/h3-4H,2,5H2,1H3,(H,12,14,15). The van der Waals surface area contributed by atoms with Gasteiger partial charge in [0.15, 0.2) is 0 Å².